The predicted molar refractivity (Wildman–Crippen MR) is 75.6 cm³/mol. The van der Waals surface area contributed by atoms with E-state index < -0.39 is 0 Å². The predicted octanol–water partition coefficient (Wildman–Crippen LogP) is 4.20. The van der Waals surface area contributed by atoms with Crippen molar-refractivity contribution in [1.29, 1.82) is 0 Å². The maximum absolute atomic E-state index is 5.89. The Morgan fingerprint density at radius 2 is 2.00 bits per heavy atom. The third kappa shape index (κ3) is 2.36. The third-order valence-corrected chi connectivity index (χ3v) is 3.37. The van der Waals surface area contributed by atoms with Gasteiger partial charge in [0.25, 0.3) is 0 Å². The molecule has 1 unspecified atom stereocenters. The van der Waals surface area contributed by atoms with Crippen LogP contribution < -0.4 is 0 Å². The molecule has 0 saturated carbocycles. The molecule has 2 heterocycles. The first-order valence-electron chi connectivity index (χ1n) is 6.50. The van der Waals surface area contributed by atoms with Gasteiger partial charge in [-0.3, -0.25) is 4.98 Å². The summed E-state index contributed by atoms with van der Waals surface area (Å²) in [6, 6.07) is 3.83. The number of oxazole rings is 1. The number of hydrogen-bond donors (Lipinski definition) is 0. The molecule has 0 aromatic carbocycles. The number of aromatic nitrogens is 2. The molecule has 0 fully saturated rings. The zero-order valence-electron chi connectivity index (χ0n) is 11.1. The number of fused-ring (bicyclic) bond motifs is 1. The third-order valence-electron chi connectivity index (χ3n) is 3.37. The molecule has 0 bridgehead atoms. The standard InChI is InChI=1S/C16H16N2O/c1-11-3-5-12(2)15-14(6-4-11)19-16(18-15)13-7-9-17-10-8-13/h3-4,6-10,12H,5H2,1-2H3. The summed E-state index contributed by atoms with van der Waals surface area (Å²) < 4.78 is 5.89. The number of rotatable bonds is 1. The van der Waals surface area contributed by atoms with Gasteiger partial charge in [-0.05, 0) is 31.6 Å². The summed E-state index contributed by atoms with van der Waals surface area (Å²) in [4.78, 5) is 8.67. The van der Waals surface area contributed by atoms with E-state index in [4.69, 9.17) is 4.42 Å². The normalized spacial score (nSPS) is 18.4. The molecule has 0 N–H and O–H groups in total. The van der Waals surface area contributed by atoms with Gasteiger partial charge in [-0.1, -0.05) is 24.6 Å². The zero-order valence-corrected chi connectivity index (χ0v) is 11.1. The van der Waals surface area contributed by atoms with Gasteiger partial charge in [-0.2, -0.15) is 0 Å². The largest absolute Gasteiger partial charge is 0.436 e. The minimum absolute atomic E-state index is 0.370. The maximum atomic E-state index is 5.89. The van der Waals surface area contributed by atoms with Crippen LogP contribution in [0.5, 0.6) is 0 Å². The number of allylic oxidation sites excluding steroid dienone is 3. The van der Waals surface area contributed by atoms with Crippen molar-refractivity contribution in [3.8, 4) is 11.5 Å². The molecule has 1 aliphatic rings. The summed E-state index contributed by atoms with van der Waals surface area (Å²) in [6.07, 6.45) is 10.8. The van der Waals surface area contributed by atoms with Crippen LogP contribution in [0.15, 0.2) is 46.7 Å². The number of pyridine rings is 1. The number of nitrogens with zero attached hydrogens (tertiary/aromatic N) is 2. The average molecular weight is 252 g/mol. The Morgan fingerprint density at radius 3 is 2.79 bits per heavy atom. The molecular weight excluding hydrogens is 236 g/mol. The van der Waals surface area contributed by atoms with E-state index in [-0.39, 0.29) is 0 Å². The Morgan fingerprint density at radius 1 is 1.21 bits per heavy atom. The van der Waals surface area contributed by atoms with Crippen LogP contribution >= 0.6 is 0 Å². The fourth-order valence-corrected chi connectivity index (χ4v) is 2.18. The molecular formula is C16H16N2O. The highest BCUT2D eigenvalue weighted by Crippen LogP contribution is 2.31. The van der Waals surface area contributed by atoms with Crippen molar-refractivity contribution in [2.45, 2.75) is 26.2 Å². The van der Waals surface area contributed by atoms with Gasteiger partial charge in [0.2, 0.25) is 5.89 Å². The lowest BCUT2D eigenvalue weighted by atomic mass is 9.98. The molecule has 96 valence electrons. The Bertz CT molecular complexity index is 638. The molecule has 2 aromatic rings. The summed E-state index contributed by atoms with van der Waals surface area (Å²) in [5, 5.41) is 0. The van der Waals surface area contributed by atoms with E-state index in [9.17, 15) is 0 Å². The van der Waals surface area contributed by atoms with Crippen molar-refractivity contribution in [2.75, 3.05) is 0 Å². The molecule has 1 atom stereocenters. The molecule has 1 aliphatic carbocycles. The van der Waals surface area contributed by atoms with Crippen LogP contribution in [0.4, 0.5) is 0 Å². The fraction of sp³-hybridized carbons (Fsp3) is 0.250. The van der Waals surface area contributed by atoms with Crippen molar-refractivity contribution < 1.29 is 4.42 Å². The topological polar surface area (TPSA) is 38.9 Å². The molecule has 3 heteroatoms. The number of hydrogen-bond acceptors (Lipinski definition) is 3. The van der Waals surface area contributed by atoms with Gasteiger partial charge in [0.05, 0.1) is 5.69 Å². The van der Waals surface area contributed by atoms with Gasteiger partial charge >= 0.3 is 0 Å². The van der Waals surface area contributed by atoms with Gasteiger partial charge < -0.3 is 4.42 Å². The van der Waals surface area contributed by atoms with Crippen LogP contribution in [0.1, 0.15) is 37.6 Å². The lowest BCUT2D eigenvalue weighted by molar-refractivity contribution is 0.559. The van der Waals surface area contributed by atoms with Crippen LogP contribution in [-0.2, 0) is 0 Å². The van der Waals surface area contributed by atoms with Crippen LogP contribution in [0, 0.1) is 0 Å². The minimum Gasteiger partial charge on any atom is -0.436 e. The van der Waals surface area contributed by atoms with Gasteiger partial charge in [0.15, 0.2) is 5.76 Å². The molecule has 0 spiro atoms. The summed E-state index contributed by atoms with van der Waals surface area (Å²) in [7, 11) is 0. The van der Waals surface area contributed by atoms with Crippen molar-refractivity contribution in [3.05, 3.63) is 53.7 Å². The van der Waals surface area contributed by atoms with E-state index in [2.05, 4.69) is 36.0 Å². The van der Waals surface area contributed by atoms with Crippen molar-refractivity contribution in [3.63, 3.8) is 0 Å². The lowest BCUT2D eigenvalue weighted by Crippen LogP contribution is -1.96. The molecule has 3 rings (SSSR count). The minimum atomic E-state index is 0.370. The van der Waals surface area contributed by atoms with Gasteiger partial charge in [0.1, 0.15) is 0 Å². The van der Waals surface area contributed by atoms with Crippen LogP contribution in [0.3, 0.4) is 0 Å². The summed E-state index contributed by atoms with van der Waals surface area (Å²) in [6.45, 7) is 4.29. The van der Waals surface area contributed by atoms with Gasteiger partial charge in [-0.25, -0.2) is 4.98 Å². The highest BCUT2D eigenvalue weighted by molar-refractivity contribution is 5.58. The maximum Gasteiger partial charge on any atom is 0.227 e. The van der Waals surface area contributed by atoms with Crippen molar-refractivity contribution in [1.82, 2.24) is 9.97 Å². The second-order valence-electron chi connectivity index (χ2n) is 4.92. The Kier molecular flexibility index (Phi) is 3.03. The lowest BCUT2D eigenvalue weighted by Gasteiger charge is -2.08. The SMILES string of the molecule is CC1=CCC(C)c2nc(-c3ccncc3)oc2C=C1. The van der Waals surface area contributed by atoms with Gasteiger partial charge in [0, 0.05) is 23.9 Å². The molecule has 0 radical (unpaired) electrons. The molecule has 2 aromatic heterocycles. The molecule has 19 heavy (non-hydrogen) atoms. The Balaban J connectivity index is 2.06. The summed E-state index contributed by atoms with van der Waals surface area (Å²) >= 11 is 0. The monoisotopic (exact) mass is 252 g/mol. The summed E-state index contributed by atoms with van der Waals surface area (Å²) in [5.74, 6) is 1.91. The first-order chi connectivity index (χ1) is 9.24. The average Bonchev–Trinajstić information content (AvgIpc) is 2.86. The Labute approximate surface area is 112 Å². The van der Waals surface area contributed by atoms with E-state index >= 15 is 0 Å². The van der Waals surface area contributed by atoms with E-state index in [0.29, 0.717) is 11.8 Å². The first-order valence-corrected chi connectivity index (χ1v) is 6.50. The quantitative estimate of drug-likeness (QED) is 0.763. The van der Waals surface area contributed by atoms with E-state index in [1.807, 2.05) is 18.2 Å². The van der Waals surface area contributed by atoms with Crippen molar-refractivity contribution >= 4 is 6.08 Å². The van der Waals surface area contributed by atoms with E-state index in [1.54, 1.807) is 12.4 Å². The second kappa shape index (κ2) is 4.84. The zero-order chi connectivity index (χ0) is 13.2. The molecule has 0 saturated heterocycles. The highest BCUT2D eigenvalue weighted by atomic mass is 16.4. The van der Waals surface area contributed by atoms with Crippen LogP contribution in [0.25, 0.3) is 17.5 Å². The highest BCUT2D eigenvalue weighted by Gasteiger charge is 2.18. The molecule has 0 aliphatic heterocycles. The fourth-order valence-electron chi connectivity index (χ4n) is 2.18. The smallest absolute Gasteiger partial charge is 0.227 e. The van der Waals surface area contributed by atoms with Crippen LogP contribution in [-0.4, -0.2) is 9.97 Å². The van der Waals surface area contributed by atoms with E-state index in [0.717, 1.165) is 23.4 Å². The second-order valence-corrected chi connectivity index (χ2v) is 4.92. The summed E-state index contributed by atoms with van der Waals surface area (Å²) in [5.41, 5.74) is 3.26. The molecule has 0 amide bonds. The van der Waals surface area contributed by atoms with E-state index in [1.165, 1.54) is 5.57 Å². The van der Waals surface area contributed by atoms with Gasteiger partial charge in [-0.15, -0.1) is 0 Å². The van der Waals surface area contributed by atoms with Crippen molar-refractivity contribution in [2.24, 2.45) is 0 Å². The molecule has 3 nitrogen and oxygen atoms in total. The van der Waals surface area contributed by atoms with Crippen LogP contribution in [0.2, 0.25) is 0 Å². The Hall–Kier alpha value is -2.16. The first kappa shape index (κ1) is 11.9.